The molecule has 3 heteroatoms. The molecule has 0 radical (unpaired) electrons. The van der Waals surface area contributed by atoms with Crippen molar-refractivity contribution in [1.29, 1.82) is 0 Å². The van der Waals surface area contributed by atoms with Crippen molar-refractivity contribution in [3.8, 4) is 0 Å². The van der Waals surface area contributed by atoms with Gasteiger partial charge in [0.15, 0.2) is 0 Å². The van der Waals surface area contributed by atoms with Crippen LogP contribution in [0.2, 0.25) is 0 Å². The van der Waals surface area contributed by atoms with Gasteiger partial charge in [-0.1, -0.05) is 68.7 Å². The SMILES string of the molecule is CCCCCC(CC(C)=NCCCc1ccccc1)Nc1ccccc1Br. The summed E-state index contributed by atoms with van der Waals surface area (Å²) in [5, 5.41) is 3.73. The van der Waals surface area contributed by atoms with Crippen LogP contribution in [0.5, 0.6) is 0 Å². The molecule has 0 fully saturated rings. The minimum atomic E-state index is 0.438. The topological polar surface area (TPSA) is 24.4 Å². The van der Waals surface area contributed by atoms with Crippen molar-refractivity contribution < 1.29 is 0 Å². The monoisotopic (exact) mass is 428 g/mol. The first-order chi connectivity index (χ1) is 13.2. The molecule has 1 N–H and O–H groups in total. The largest absolute Gasteiger partial charge is 0.381 e. The van der Waals surface area contributed by atoms with Crippen molar-refractivity contribution in [2.75, 3.05) is 11.9 Å². The highest BCUT2D eigenvalue weighted by Crippen LogP contribution is 2.24. The van der Waals surface area contributed by atoms with Crippen LogP contribution in [0.4, 0.5) is 5.69 Å². The van der Waals surface area contributed by atoms with Gasteiger partial charge < -0.3 is 5.32 Å². The molecule has 2 aromatic rings. The summed E-state index contributed by atoms with van der Waals surface area (Å²) in [6, 6.07) is 19.5. The van der Waals surface area contributed by atoms with Crippen LogP contribution in [-0.2, 0) is 6.42 Å². The second-order valence-corrected chi connectivity index (χ2v) is 8.08. The van der Waals surface area contributed by atoms with E-state index in [-0.39, 0.29) is 0 Å². The van der Waals surface area contributed by atoms with Crippen LogP contribution in [0.3, 0.4) is 0 Å². The van der Waals surface area contributed by atoms with Crippen LogP contribution in [0.25, 0.3) is 0 Å². The molecule has 2 rings (SSSR count). The molecular weight excluding hydrogens is 396 g/mol. The maximum atomic E-state index is 4.84. The third kappa shape index (κ3) is 8.75. The van der Waals surface area contributed by atoms with Crippen LogP contribution in [-0.4, -0.2) is 18.3 Å². The zero-order valence-corrected chi connectivity index (χ0v) is 18.3. The Labute approximate surface area is 173 Å². The number of nitrogens with zero attached hydrogens (tertiary/aromatic N) is 1. The Balaban J connectivity index is 1.85. The van der Waals surface area contributed by atoms with Gasteiger partial charge in [0.05, 0.1) is 0 Å². The molecule has 0 heterocycles. The van der Waals surface area contributed by atoms with Crippen LogP contribution >= 0.6 is 15.9 Å². The Kier molecular flexibility index (Phi) is 10.2. The lowest BCUT2D eigenvalue weighted by Crippen LogP contribution is -2.23. The molecule has 2 aromatic carbocycles. The van der Waals surface area contributed by atoms with Gasteiger partial charge in [0.2, 0.25) is 0 Å². The number of unbranched alkanes of at least 4 members (excludes halogenated alkanes) is 2. The lowest BCUT2D eigenvalue weighted by atomic mass is 10.0. The molecule has 0 saturated carbocycles. The minimum Gasteiger partial charge on any atom is -0.381 e. The lowest BCUT2D eigenvalue weighted by molar-refractivity contribution is 0.596. The van der Waals surface area contributed by atoms with E-state index < -0.39 is 0 Å². The molecule has 2 nitrogen and oxygen atoms in total. The zero-order valence-electron chi connectivity index (χ0n) is 16.8. The first-order valence-corrected chi connectivity index (χ1v) is 11.0. The number of rotatable bonds is 12. The number of hydrogen-bond acceptors (Lipinski definition) is 2. The first kappa shape index (κ1) is 21.7. The number of aliphatic imine (C=N–C) groups is 1. The molecular formula is C24H33BrN2. The predicted octanol–water partition coefficient (Wildman–Crippen LogP) is 7.29. The molecule has 0 aromatic heterocycles. The number of anilines is 1. The van der Waals surface area contributed by atoms with Crippen LogP contribution in [0.15, 0.2) is 64.1 Å². The number of halogens is 1. The molecule has 0 aliphatic rings. The average Bonchev–Trinajstić information content (AvgIpc) is 2.68. The molecule has 0 amide bonds. The average molecular weight is 429 g/mol. The molecule has 27 heavy (non-hydrogen) atoms. The van der Waals surface area contributed by atoms with Crippen molar-refractivity contribution in [1.82, 2.24) is 0 Å². The quantitative estimate of drug-likeness (QED) is 0.278. The molecule has 0 aliphatic carbocycles. The first-order valence-electron chi connectivity index (χ1n) is 10.2. The van der Waals surface area contributed by atoms with Gasteiger partial charge in [-0.3, -0.25) is 4.99 Å². The van der Waals surface area contributed by atoms with Crippen LogP contribution in [0.1, 0.15) is 57.9 Å². The Hall–Kier alpha value is -1.61. The Morgan fingerprint density at radius 2 is 1.74 bits per heavy atom. The predicted molar refractivity (Wildman–Crippen MR) is 123 cm³/mol. The lowest BCUT2D eigenvalue weighted by Gasteiger charge is -2.21. The van der Waals surface area contributed by atoms with E-state index in [4.69, 9.17) is 4.99 Å². The number of nitrogens with one attached hydrogen (secondary N) is 1. The van der Waals surface area contributed by atoms with E-state index in [1.165, 1.54) is 42.6 Å². The highest BCUT2D eigenvalue weighted by Gasteiger charge is 2.11. The molecule has 1 atom stereocenters. The minimum absolute atomic E-state index is 0.438. The van der Waals surface area contributed by atoms with E-state index in [1.807, 2.05) is 0 Å². The zero-order chi connectivity index (χ0) is 19.3. The van der Waals surface area contributed by atoms with Crippen molar-refractivity contribution in [2.24, 2.45) is 4.99 Å². The van der Waals surface area contributed by atoms with Crippen molar-refractivity contribution in [3.63, 3.8) is 0 Å². The van der Waals surface area contributed by atoms with Gasteiger partial charge in [-0.2, -0.15) is 0 Å². The molecule has 0 saturated heterocycles. The number of para-hydroxylation sites is 1. The van der Waals surface area contributed by atoms with E-state index in [0.717, 1.165) is 30.3 Å². The van der Waals surface area contributed by atoms with E-state index in [9.17, 15) is 0 Å². The molecule has 0 spiro atoms. The van der Waals surface area contributed by atoms with E-state index in [1.54, 1.807) is 0 Å². The fourth-order valence-electron chi connectivity index (χ4n) is 3.28. The van der Waals surface area contributed by atoms with Gasteiger partial charge >= 0.3 is 0 Å². The van der Waals surface area contributed by atoms with Gasteiger partial charge in [0.25, 0.3) is 0 Å². The van der Waals surface area contributed by atoms with E-state index in [2.05, 4.69) is 89.7 Å². The summed E-state index contributed by atoms with van der Waals surface area (Å²) < 4.78 is 1.13. The van der Waals surface area contributed by atoms with Gasteiger partial charge in [0, 0.05) is 34.9 Å². The third-order valence-electron chi connectivity index (χ3n) is 4.78. The van der Waals surface area contributed by atoms with Crippen molar-refractivity contribution in [3.05, 3.63) is 64.6 Å². The fraction of sp³-hybridized carbons (Fsp3) is 0.458. The smallest absolute Gasteiger partial charge is 0.0486 e. The van der Waals surface area contributed by atoms with E-state index in [0.29, 0.717) is 6.04 Å². The summed E-state index contributed by atoms with van der Waals surface area (Å²) >= 11 is 3.65. The third-order valence-corrected chi connectivity index (χ3v) is 5.47. The second kappa shape index (κ2) is 12.7. The Morgan fingerprint density at radius 1 is 1.00 bits per heavy atom. The van der Waals surface area contributed by atoms with Gasteiger partial charge in [-0.15, -0.1) is 0 Å². The molecule has 1 unspecified atom stereocenters. The Bertz CT molecular complexity index is 682. The standard InChI is InChI=1S/C24H33BrN2/c1-3-4-6-15-22(27-24-17-10-9-16-23(24)25)19-20(2)26-18-11-14-21-12-7-5-8-13-21/h5,7-10,12-13,16-17,22,27H,3-4,6,11,14-15,18-19H2,1-2H3. The summed E-state index contributed by atoms with van der Waals surface area (Å²) in [5.41, 5.74) is 3.83. The highest BCUT2D eigenvalue weighted by molar-refractivity contribution is 9.10. The summed E-state index contributed by atoms with van der Waals surface area (Å²) in [7, 11) is 0. The summed E-state index contributed by atoms with van der Waals surface area (Å²) in [6.07, 6.45) is 8.23. The molecule has 146 valence electrons. The summed E-state index contributed by atoms with van der Waals surface area (Å²) in [5.74, 6) is 0. The number of hydrogen-bond donors (Lipinski definition) is 1. The summed E-state index contributed by atoms with van der Waals surface area (Å²) in [6.45, 7) is 5.35. The fourth-order valence-corrected chi connectivity index (χ4v) is 3.68. The number of benzene rings is 2. The van der Waals surface area contributed by atoms with Crippen LogP contribution < -0.4 is 5.32 Å². The summed E-state index contributed by atoms with van der Waals surface area (Å²) in [4.78, 5) is 4.84. The maximum Gasteiger partial charge on any atom is 0.0486 e. The van der Waals surface area contributed by atoms with Gasteiger partial charge in [0.1, 0.15) is 0 Å². The second-order valence-electron chi connectivity index (χ2n) is 7.23. The normalized spacial score (nSPS) is 12.8. The van der Waals surface area contributed by atoms with Crippen molar-refractivity contribution in [2.45, 2.75) is 64.8 Å². The highest BCUT2D eigenvalue weighted by atomic mass is 79.9. The van der Waals surface area contributed by atoms with Gasteiger partial charge in [-0.05, 0) is 59.8 Å². The Morgan fingerprint density at radius 3 is 2.48 bits per heavy atom. The maximum absolute atomic E-state index is 4.84. The van der Waals surface area contributed by atoms with Crippen LogP contribution in [0, 0.1) is 0 Å². The molecule has 0 bridgehead atoms. The number of aryl methyl sites for hydroxylation is 1. The van der Waals surface area contributed by atoms with Gasteiger partial charge in [-0.25, -0.2) is 0 Å². The van der Waals surface area contributed by atoms with E-state index >= 15 is 0 Å². The van der Waals surface area contributed by atoms with Crippen molar-refractivity contribution >= 4 is 27.3 Å². The molecule has 0 aliphatic heterocycles.